The largest absolute Gasteiger partial charge is 0.379 e. The zero-order valence-electron chi connectivity index (χ0n) is 13.5. The molecular weight excluding hydrogens is 340 g/mol. The maximum absolute atomic E-state index is 12.7. The van der Waals surface area contributed by atoms with Crippen molar-refractivity contribution in [2.24, 2.45) is 0 Å². The summed E-state index contributed by atoms with van der Waals surface area (Å²) in [6, 6.07) is 9.38. The van der Waals surface area contributed by atoms with E-state index in [0.717, 1.165) is 16.8 Å². The third-order valence-corrected chi connectivity index (χ3v) is 4.43. The Morgan fingerprint density at radius 2 is 1.96 bits per heavy atom. The Balaban J connectivity index is 1.69. The van der Waals surface area contributed by atoms with Crippen LogP contribution in [-0.2, 0) is 4.74 Å². The summed E-state index contributed by atoms with van der Waals surface area (Å²) in [7, 11) is 0. The number of aromatic nitrogens is 2. The lowest BCUT2D eigenvalue weighted by atomic mass is 10.0. The van der Waals surface area contributed by atoms with Gasteiger partial charge in [0.15, 0.2) is 0 Å². The Morgan fingerprint density at radius 3 is 2.72 bits per heavy atom. The van der Waals surface area contributed by atoms with Gasteiger partial charge < -0.3 is 9.14 Å². The minimum Gasteiger partial charge on any atom is -0.379 e. The van der Waals surface area contributed by atoms with Crippen molar-refractivity contribution in [1.29, 1.82) is 0 Å². The third-order valence-electron chi connectivity index (χ3n) is 4.18. The van der Waals surface area contributed by atoms with E-state index in [0.29, 0.717) is 36.9 Å². The van der Waals surface area contributed by atoms with E-state index in [1.165, 1.54) is 0 Å². The molecule has 0 spiro atoms. The molecule has 6 nitrogen and oxygen atoms in total. The molecule has 0 bridgehead atoms. The van der Waals surface area contributed by atoms with Crippen LogP contribution in [0.2, 0.25) is 5.02 Å². The van der Waals surface area contributed by atoms with Crippen LogP contribution in [0.4, 0.5) is 0 Å². The van der Waals surface area contributed by atoms with Crippen LogP contribution in [0.1, 0.15) is 10.4 Å². The van der Waals surface area contributed by atoms with Crippen molar-refractivity contribution in [2.75, 3.05) is 26.3 Å². The van der Waals surface area contributed by atoms with Crippen LogP contribution in [0.3, 0.4) is 0 Å². The smallest absolute Gasteiger partial charge is 0.267 e. The van der Waals surface area contributed by atoms with Crippen molar-refractivity contribution in [1.82, 2.24) is 19.8 Å². The lowest BCUT2D eigenvalue weighted by molar-refractivity contribution is 0.0126. The number of halogens is 1. The zero-order chi connectivity index (χ0) is 17.2. The number of fused-ring (bicyclic) bond motifs is 1. The van der Waals surface area contributed by atoms with Crippen molar-refractivity contribution >= 4 is 23.2 Å². The van der Waals surface area contributed by atoms with Gasteiger partial charge in [0.25, 0.3) is 5.91 Å². The van der Waals surface area contributed by atoms with Crippen LogP contribution in [-0.4, -0.2) is 46.6 Å². The Hall–Kier alpha value is -2.41. The number of amides is 1. The molecule has 1 aromatic carbocycles. The fourth-order valence-corrected chi connectivity index (χ4v) is 3.01. The lowest BCUT2D eigenvalue weighted by Gasteiger charge is -2.27. The summed E-state index contributed by atoms with van der Waals surface area (Å²) in [6.07, 6.45) is 5.34. The number of ether oxygens (including phenoxy) is 1. The molecule has 1 aliphatic heterocycles. The molecule has 7 heteroatoms. The highest BCUT2D eigenvalue weighted by molar-refractivity contribution is 6.30. The Bertz CT molecular complexity index is 901. The molecule has 1 saturated heterocycles. The van der Waals surface area contributed by atoms with Gasteiger partial charge in [-0.3, -0.25) is 10.2 Å². The molecule has 3 aromatic rings. The van der Waals surface area contributed by atoms with Crippen LogP contribution in [0, 0.1) is 0 Å². The molecule has 0 unspecified atom stereocenters. The van der Waals surface area contributed by atoms with Gasteiger partial charge in [-0.15, -0.1) is 0 Å². The Morgan fingerprint density at radius 1 is 1.20 bits per heavy atom. The maximum Gasteiger partial charge on any atom is 0.267 e. The minimum absolute atomic E-state index is 0.146. The molecule has 2 aromatic heterocycles. The highest BCUT2D eigenvalue weighted by atomic mass is 35.5. The summed E-state index contributed by atoms with van der Waals surface area (Å²) < 4.78 is 7.16. The molecule has 1 amide bonds. The molecule has 128 valence electrons. The van der Waals surface area contributed by atoms with Crippen molar-refractivity contribution < 1.29 is 9.53 Å². The highest BCUT2D eigenvalue weighted by Gasteiger charge is 2.17. The van der Waals surface area contributed by atoms with E-state index in [-0.39, 0.29) is 5.91 Å². The second-order valence-corrected chi connectivity index (χ2v) is 6.28. The first-order valence-corrected chi connectivity index (χ1v) is 8.45. The number of benzene rings is 1. The number of hydrogen-bond acceptors (Lipinski definition) is 4. The molecule has 0 aliphatic carbocycles. The normalized spacial score (nSPS) is 15.4. The average molecular weight is 357 g/mol. The first-order chi connectivity index (χ1) is 12.2. The molecule has 4 rings (SSSR count). The van der Waals surface area contributed by atoms with E-state index in [1.807, 2.05) is 45.9 Å². The maximum atomic E-state index is 12.7. The number of morpholine rings is 1. The summed E-state index contributed by atoms with van der Waals surface area (Å²) in [5.41, 5.74) is 6.15. The number of nitrogens with one attached hydrogen (secondary N) is 1. The van der Waals surface area contributed by atoms with Crippen LogP contribution < -0.4 is 5.43 Å². The molecule has 1 N–H and O–H groups in total. The monoisotopic (exact) mass is 356 g/mol. The second kappa shape index (κ2) is 6.84. The van der Waals surface area contributed by atoms with E-state index in [2.05, 4.69) is 10.4 Å². The van der Waals surface area contributed by atoms with Gasteiger partial charge in [-0.2, -0.15) is 0 Å². The number of hydrazine groups is 1. The van der Waals surface area contributed by atoms with Gasteiger partial charge in [-0.1, -0.05) is 23.7 Å². The summed E-state index contributed by atoms with van der Waals surface area (Å²) in [5, 5.41) is 2.55. The topological polar surface area (TPSA) is 58.9 Å². The van der Waals surface area contributed by atoms with E-state index in [1.54, 1.807) is 12.4 Å². The van der Waals surface area contributed by atoms with E-state index in [9.17, 15) is 4.79 Å². The molecule has 25 heavy (non-hydrogen) atoms. The summed E-state index contributed by atoms with van der Waals surface area (Å²) >= 11 is 5.99. The molecule has 0 saturated carbocycles. The van der Waals surface area contributed by atoms with E-state index < -0.39 is 0 Å². The number of rotatable bonds is 3. The number of hydrogen-bond donors (Lipinski definition) is 1. The summed E-state index contributed by atoms with van der Waals surface area (Å²) in [6.45, 7) is 2.61. The predicted octanol–water partition coefficient (Wildman–Crippen LogP) is 2.63. The number of nitrogens with zero attached hydrogens (tertiary/aromatic N) is 3. The van der Waals surface area contributed by atoms with Crippen molar-refractivity contribution in [3.63, 3.8) is 0 Å². The average Bonchev–Trinajstić information content (AvgIpc) is 3.11. The van der Waals surface area contributed by atoms with Crippen molar-refractivity contribution in [3.05, 3.63) is 59.5 Å². The van der Waals surface area contributed by atoms with Crippen LogP contribution in [0.25, 0.3) is 16.8 Å². The van der Waals surface area contributed by atoms with Crippen LogP contribution in [0.5, 0.6) is 0 Å². The van der Waals surface area contributed by atoms with E-state index in [4.69, 9.17) is 16.3 Å². The molecule has 0 atom stereocenters. The van der Waals surface area contributed by atoms with Gasteiger partial charge in [0.2, 0.25) is 0 Å². The first-order valence-electron chi connectivity index (χ1n) is 8.07. The van der Waals surface area contributed by atoms with Gasteiger partial charge in [-0.25, -0.2) is 9.99 Å². The van der Waals surface area contributed by atoms with E-state index >= 15 is 0 Å². The number of imidazole rings is 1. The highest BCUT2D eigenvalue weighted by Crippen LogP contribution is 2.26. The van der Waals surface area contributed by atoms with Gasteiger partial charge in [0.1, 0.15) is 5.65 Å². The fraction of sp³-hybridized carbons (Fsp3) is 0.222. The molecule has 0 radical (unpaired) electrons. The number of carbonyl (C=O) groups is 1. The van der Waals surface area contributed by atoms with Gasteiger partial charge in [0, 0.05) is 42.3 Å². The Kier molecular flexibility index (Phi) is 4.40. The van der Waals surface area contributed by atoms with Crippen LogP contribution in [0.15, 0.2) is 48.9 Å². The zero-order valence-corrected chi connectivity index (χ0v) is 14.2. The van der Waals surface area contributed by atoms with Crippen LogP contribution >= 0.6 is 11.6 Å². The lowest BCUT2D eigenvalue weighted by Crippen LogP contribution is -2.48. The second-order valence-electron chi connectivity index (χ2n) is 5.85. The standard InChI is InChI=1S/C18H17ClN4O2/c19-15-3-1-13(2-4-15)16-11-14(12-22-6-5-20-17(16)22)18(24)21-23-7-9-25-10-8-23/h1-6,11-12H,7-10H2,(H,21,24). The molecular formula is C18H17ClN4O2. The number of carbonyl (C=O) groups excluding carboxylic acids is 1. The molecule has 1 aliphatic rings. The molecule has 3 heterocycles. The quantitative estimate of drug-likeness (QED) is 0.783. The molecule has 1 fully saturated rings. The third kappa shape index (κ3) is 3.37. The predicted molar refractivity (Wildman–Crippen MR) is 95.5 cm³/mol. The van der Waals surface area contributed by atoms with Crippen molar-refractivity contribution in [2.45, 2.75) is 0 Å². The van der Waals surface area contributed by atoms with Gasteiger partial charge in [-0.05, 0) is 23.8 Å². The summed E-state index contributed by atoms with van der Waals surface area (Å²) in [4.78, 5) is 17.1. The number of pyridine rings is 1. The van der Waals surface area contributed by atoms with Gasteiger partial charge >= 0.3 is 0 Å². The first kappa shape index (κ1) is 16.1. The summed E-state index contributed by atoms with van der Waals surface area (Å²) in [5.74, 6) is -0.146. The minimum atomic E-state index is -0.146. The van der Waals surface area contributed by atoms with Crippen molar-refractivity contribution in [3.8, 4) is 11.1 Å². The SMILES string of the molecule is O=C(NN1CCOCC1)c1cc(-c2ccc(Cl)cc2)c2nccn2c1. The fourth-order valence-electron chi connectivity index (χ4n) is 2.88. The Labute approximate surface area is 150 Å². The van der Waals surface area contributed by atoms with Gasteiger partial charge in [0.05, 0.1) is 18.8 Å².